The van der Waals surface area contributed by atoms with Crippen LogP contribution in [0.3, 0.4) is 0 Å². The molecule has 2 aromatic heterocycles. The van der Waals surface area contributed by atoms with Crippen LogP contribution in [0, 0.1) is 0 Å². The van der Waals surface area contributed by atoms with Crippen molar-refractivity contribution in [3.8, 4) is 11.6 Å². The highest BCUT2D eigenvalue weighted by molar-refractivity contribution is 5.79. The van der Waals surface area contributed by atoms with Gasteiger partial charge in [0.15, 0.2) is 5.96 Å². The van der Waals surface area contributed by atoms with Gasteiger partial charge in [-0.15, -0.1) is 0 Å². The predicted molar refractivity (Wildman–Crippen MR) is 111 cm³/mol. The van der Waals surface area contributed by atoms with Crippen molar-refractivity contribution in [2.24, 2.45) is 4.99 Å². The van der Waals surface area contributed by atoms with Gasteiger partial charge in [0.2, 0.25) is 0 Å². The number of guanidine groups is 1. The lowest BCUT2D eigenvalue weighted by Crippen LogP contribution is -2.36. The average Bonchev–Trinajstić information content (AvgIpc) is 3.28. The standard InChI is InChI=1S/C21H24N6O/c1-3-12-28-19-7-5-4-6-18(19)15-26-21(22-2)25-14-17-8-9-20(24-13-17)27-11-10-23-16-27/h3-11,13,16H,1,12,14-15H2,2H3,(H2,22,25,26). The number of nitrogens with one attached hydrogen (secondary N) is 2. The zero-order chi connectivity index (χ0) is 19.6. The number of hydrogen-bond donors (Lipinski definition) is 2. The molecular formula is C21H24N6O. The number of ether oxygens (including phenoxy) is 1. The summed E-state index contributed by atoms with van der Waals surface area (Å²) < 4.78 is 7.55. The van der Waals surface area contributed by atoms with Gasteiger partial charge in [-0.05, 0) is 17.7 Å². The molecule has 3 rings (SSSR count). The van der Waals surface area contributed by atoms with Crippen LogP contribution < -0.4 is 15.4 Å². The van der Waals surface area contributed by atoms with Crippen LogP contribution in [-0.2, 0) is 13.1 Å². The smallest absolute Gasteiger partial charge is 0.191 e. The first kappa shape index (κ1) is 19.2. The summed E-state index contributed by atoms with van der Waals surface area (Å²) in [6.07, 6.45) is 8.89. The van der Waals surface area contributed by atoms with Gasteiger partial charge in [-0.3, -0.25) is 9.56 Å². The van der Waals surface area contributed by atoms with Crippen molar-refractivity contribution in [2.75, 3.05) is 13.7 Å². The van der Waals surface area contributed by atoms with E-state index in [0.717, 1.165) is 22.7 Å². The first-order chi connectivity index (χ1) is 13.8. The van der Waals surface area contributed by atoms with Crippen LogP contribution in [0.5, 0.6) is 5.75 Å². The van der Waals surface area contributed by atoms with Crippen LogP contribution in [-0.4, -0.2) is 34.1 Å². The molecule has 3 aromatic rings. The average molecular weight is 376 g/mol. The van der Waals surface area contributed by atoms with Gasteiger partial charge in [-0.25, -0.2) is 9.97 Å². The minimum atomic E-state index is 0.478. The van der Waals surface area contributed by atoms with E-state index in [9.17, 15) is 0 Å². The first-order valence-corrected chi connectivity index (χ1v) is 8.99. The topological polar surface area (TPSA) is 76.4 Å². The molecule has 7 heteroatoms. The molecule has 0 aliphatic carbocycles. The van der Waals surface area contributed by atoms with Crippen LogP contribution >= 0.6 is 0 Å². The summed E-state index contributed by atoms with van der Waals surface area (Å²) in [5.41, 5.74) is 2.11. The fourth-order valence-electron chi connectivity index (χ4n) is 2.59. The van der Waals surface area contributed by atoms with E-state index in [1.54, 1.807) is 25.6 Å². The van der Waals surface area contributed by atoms with Crippen molar-refractivity contribution >= 4 is 5.96 Å². The second-order valence-electron chi connectivity index (χ2n) is 5.98. The Morgan fingerprint density at radius 1 is 1.21 bits per heavy atom. The third kappa shape index (κ3) is 5.20. The van der Waals surface area contributed by atoms with E-state index < -0.39 is 0 Å². The minimum Gasteiger partial charge on any atom is -0.489 e. The summed E-state index contributed by atoms with van der Waals surface area (Å²) in [6.45, 7) is 5.38. The van der Waals surface area contributed by atoms with Crippen molar-refractivity contribution in [3.05, 3.63) is 85.1 Å². The van der Waals surface area contributed by atoms with Gasteiger partial charge in [0.1, 0.15) is 24.5 Å². The van der Waals surface area contributed by atoms with Crippen molar-refractivity contribution < 1.29 is 4.74 Å². The largest absolute Gasteiger partial charge is 0.489 e. The van der Waals surface area contributed by atoms with Gasteiger partial charge in [0.05, 0.1) is 0 Å². The van der Waals surface area contributed by atoms with Crippen LogP contribution in [0.25, 0.3) is 5.82 Å². The monoisotopic (exact) mass is 376 g/mol. The lowest BCUT2D eigenvalue weighted by Gasteiger charge is -2.14. The van der Waals surface area contributed by atoms with Gasteiger partial charge < -0.3 is 15.4 Å². The highest BCUT2D eigenvalue weighted by atomic mass is 16.5. The Bertz CT molecular complexity index is 903. The molecule has 0 unspecified atom stereocenters. The number of benzene rings is 1. The van der Waals surface area contributed by atoms with Crippen LogP contribution in [0.4, 0.5) is 0 Å². The molecule has 0 aliphatic rings. The maximum Gasteiger partial charge on any atom is 0.191 e. The second-order valence-corrected chi connectivity index (χ2v) is 5.98. The normalized spacial score (nSPS) is 11.1. The molecule has 144 valence electrons. The number of hydrogen-bond acceptors (Lipinski definition) is 4. The minimum absolute atomic E-state index is 0.478. The van der Waals surface area contributed by atoms with E-state index >= 15 is 0 Å². The van der Waals surface area contributed by atoms with Gasteiger partial charge >= 0.3 is 0 Å². The van der Waals surface area contributed by atoms with E-state index in [1.807, 2.05) is 53.4 Å². The summed E-state index contributed by atoms with van der Waals surface area (Å²) in [4.78, 5) is 12.8. The van der Waals surface area contributed by atoms with E-state index in [-0.39, 0.29) is 0 Å². The molecule has 0 spiro atoms. The van der Waals surface area contributed by atoms with Crippen LogP contribution in [0.2, 0.25) is 0 Å². The molecule has 28 heavy (non-hydrogen) atoms. The maximum atomic E-state index is 5.69. The number of aliphatic imine (C=N–C) groups is 1. The summed E-state index contributed by atoms with van der Waals surface area (Å²) in [6, 6.07) is 11.9. The number of imidazole rings is 1. The number of para-hydroxylation sites is 1. The maximum absolute atomic E-state index is 5.69. The van der Waals surface area contributed by atoms with Crippen molar-refractivity contribution in [1.29, 1.82) is 0 Å². The van der Waals surface area contributed by atoms with Gasteiger partial charge in [-0.1, -0.05) is 36.9 Å². The van der Waals surface area contributed by atoms with Crippen molar-refractivity contribution in [1.82, 2.24) is 25.2 Å². The van der Waals surface area contributed by atoms with Crippen molar-refractivity contribution in [2.45, 2.75) is 13.1 Å². The highest BCUT2D eigenvalue weighted by Crippen LogP contribution is 2.17. The lowest BCUT2D eigenvalue weighted by molar-refractivity contribution is 0.358. The quantitative estimate of drug-likeness (QED) is 0.359. The third-order valence-electron chi connectivity index (χ3n) is 4.04. The molecule has 1 aromatic carbocycles. The van der Waals surface area contributed by atoms with Crippen LogP contribution in [0.15, 0.2) is 79.0 Å². The Hall–Kier alpha value is -3.61. The zero-order valence-electron chi connectivity index (χ0n) is 15.9. The Kier molecular flexibility index (Phi) is 6.78. The highest BCUT2D eigenvalue weighted by Gasteiger charge is 2.05. The van der Waals surface area contributed by atoms with E-state index in [1.165, 1.54) is 0 Å². The summed E-state index contributed by atoms with van der Waals surface area (Å²) in [5, 5.41) is 6.60. The molecular weight excluding hydrogens is 352 g/mol. The molecule has 0 saturated heterocycles. The molecule has 0 aliphatic heterocycles. The second kappa shape index (κ2) is 9.91. The predicted octanol–water partition coefficient (Wildman–Crippen LogP) is 2.70. The molecule has 0 radical (unpaired) electrons. The zero-order valence-corrected chi connectivity index (χ0v) is 15.9. The fraction of sp³-hybridized carbons (Fsp3) is 0.190. The van der Waals surface area contributed by atoms with Gasteiger partial charge in [0.25, 0.3) is 0 Å². The molecule has 2 N–H and O–H groups in total. The SMILES string of the molecule is C=CCOc1ccccc1CNC(=NC)NCc1ccc(-n2ccnc2)nc1. The van der Waals surface area contributed by atoms with E-state index in [4.69, 9.17) is 4.74 Å². The number of aromatic nitrogens is 3. The Morgan fingerprint density at radius 3 is 2.79 bits per heavy atom. The van der Waals surface area contributed by atoms with E-state index in [0.29, 0.717) is 25.7 Å². The Morgan fingerprint density at radius 2 is 2.07 bits per heavy atom. The molecule has 0 bridgehead atoms. The first-order valence-electron chi connectivity index (χ1n) is 8.99. The fourth-order valence-corrected chi connectivity index (χ4v) is 2.59. The number of pyridine rings is 1. The number of rotatable bonds is 8. The molecule has 0 atom stereocenters. The third-order valence-corrected chi connectivity index (χ3v) is 4.04. The van der Waals surface area contributed by atoms with Gasteiger partial charge in [-0.2, -0.15) is 0 Å². The Balaban J connectivity index is 1.53. The molecule has 0 saturated carbocycles. The van der Waals surface area contributed by atoms with E-state index in [2.05, 4.69) is 32.2 Å². The summed E-state index contributed by atoms with van der Waals surface area (Å²) in [5.74, 6) is 2.38. The molecule has 0 fully saturated rings. The van der Waals surface area contributed by atoms with Crippen molar-refractivity contribution in [3.63, 3.8) is 0 Å². The molecule has 2 heterocycles. The Labute approximate surface area is 164 Å². The summed E-state index contributed by atoms with van der Waals surface area (Å²) in [7, 11) is 1.75. The van der Waals surface area contributed by atoms with Gasteiger partial charge in [0, 0.05) is 44.3 Å². The number of nitrogens with zero attached hydrogens (tertiary/aromatic N) is 4. The molecule has 0 amide bonds. The summed E-state index contributed by atoms with van der Waals surface area (Å²) >= 11 is 0. The van der Waals surface area contributed by atoms with Crippen LogP contribution in [0.1, 0.15) is 11.1 Å². The lowest BCUT2D eigenvalue weighted by atomic mass is 10.2. The molecule has 7 nitrogen and oxygen atoms in total.